The lowest BCUT2D eigenvalue weighted by Gasteiger charge is -2.20. The first-order chi connectivity index (χ1) is 11.2. The summed E-state index contributed by atoms with van der Waals surface area (Å²) in [5, 5.41) is 12.0. The fourth-order valence-corrected chi connectivity index (χ4v) is 2.71. The fraction of sp³-hybridized carbons (Fsp3) is 0.222. The van der Waals surface area contributed by atoms with Crippen molar-refractivity contribution in [3.05, 3.63) is 59.4 Å². The van der Waals surface area contributed by atoms with Gasteiger partial charge in [-0.25, -0.2) is 4.39 Å². The van der Waals surface area contributed by atoms with E-state index in [0.717, 1.165) is 17.8 Å². The van der Waals surface area contributed by atoms with Crippen molar-refractivity contribution in [2.24, 2.45) is 0 Å². The first-order valence-electron chi connectivity index (χ1n) is 7.51. The number of anilines is 2. The third-order valence-corrected chi connectivity index (χ3v) is 3.92. The number of nitrogens with zero attached hydrogens (tertiary/aromatic N) is 2. The zero-order valence-corrected chi connectivity index (χ0v) is 12.6. The molecule has 0 saturated carbocycles. The second-order valence-electron chi connectivity index (χ2n) is 5.44. The van der Waals surface area contributed by atoms with E-state index in [1.165, 1.54) is 6.07 Å². The summed E-state index contributed by atoms with van der Waals surface area (Å²) < 4.78 is 13.9. The van der Waals surface area contributed by atoms with Crippen LogP contribution in [0.5, 0.6) is 0 Å². The van der Waals surface area contributed by atoms with Crippen molar-refractivity contribution in [3.8, 4) is 6.07 Å². The molecule has 2 aromatic carbocycles. The van der Waals surface area contributed by atoms with Crippen LogP contribution in [0.3, 0.4) is 0 Å². The van der Waals surface area contributed by atoms with Crippen molar-refractivity contribution in [3.63, 3.8) is 0 Å². The van der Waals surface area contributed by atoms with Gasteiger partial charge >= 0.3 is 0 Å². The van der Waals surface area contributed by atoms with Gasteiger partial charge in [-0.2, -0.15) is 5.26 Å². The van der Waals surface area contributed by atoms with Crippen LogP contribution in [0, 0.1) is 17.1 Å². The molecule has 1 aliphatic rings. The topological polar surface area (TPSA) is 56.1 Å². The van der Waals surface area contributed by atoms with Gasteiger partial charge in [0.15, 0.2) is 0 Å². The van der Waals surface area contributed by atoms with Gasteiger partial charge in [0.2, 0.25) is 5.91 Å². The predicted octanol–water partition coefficient (Wildman–Crippen LogP) is 3.44. The van der Waals surface area contributed by atoms with E-state index in [4.69, 9.17) is 5.26 Å². The molecule has 0 atom stereocenters. The van der Waals surface area contributed by atoms with Gasteiger partial charge in [0.25, 0.3) is 0 Å². The van der Waals surface area contributed by atoms with Crippen LogP contribution < -0.4 is 10.2 Å². The van der Waals surface area contributed by atoms with Crippen molar-refractivity contribution in [2.45, 2.75) is 19.4 Å². The molecule has 0 aliphatic carbocycles. The number of benzene rings is 2. The van der Waals surface area contributed by atoms with Crippen molar-refractivity contribution < 1.29 is 9.18 Å². The molecule has 1 saturated heterocycles. The zero-order chi connectivity index (χ0) is 16.2. The molecule has 2 aromatic rings. The van der Waals surface area contributed by atoms with Crippen LogP contribution in [0.15, 0.2) is 42.5 Å². The molecule has 0 spiro atoms. The average molecular weight is 309 g/mol. The van der Waals surface area contributed by atoms with E-state index in [1.54, 1.807) is 17.0 Å². The lowest BCUT2D eigenvalue weighted by molar-refractivity contribution is -0.117. The Morgan fingerprint density at radius 1 is 1.26 bits per heavy atom. The molecule has 1 aliphatic heterocycles. The Bertz CT molecular complexity index is 782. The number of hydrogen-bond acceptors (Lipinski definition) is 3. The summed E-state index contributed by atoms with van der Waals surface area (Å²) in [6.07, 6.45) is 1.43. The van der Waals surface area contributed by atoms with Gasteiger partial charge in [-0.15, -0.1) is 0 Å². The Morgan fingerprint density at radius 2 is 2.09 bits per heavy atom. The van der Waals surface area contributed by atoms with E-state index >= 15 is 0 Å². The number of nitriles is 1. The van der Waals surface area contributed by atoms with Crippen LogP contribution in [0.4, 0.5) is 15.8 Å². The molecule has 0 radical (unpaired) electrons. The number of rotatable bonds is 4. The Kier molecular flexibility index (Phi) is 4.24. The summed E-state index contributed by atoms with van der Waals surface area (Å²) in [6.45, 7) is 0.999. The minimum absolute atomic E-state index is 0.115. The van der Waals surface area contributed by atoms with Gasteiger partial charge in [-0.1, -0.05) is 18.2 Å². The summed E-state index contributed by atoms with van der Waals surface area (Å²) in [5.41, 5.74) is 2.40. The molecule has 116 valence electrons. The van der Waals surface area contributed by atoms with Gasteiger partial charge in [-0.05, 0) is 30.7 Å². The highest BCUT2D eigenvalue weighted by Crippen LogP contribution is 2.29. The second kappa shape index (κ2) is 6.49. The first-order valence-corrected chi connectivity index (χ1v) is 7.51. The van der Waals surface area contributed by atoms with Crippen LogP contribution >= 0.6 is 0 Å². The summed E-state index contributed by atoms with van der Waals surface area (Å²) in [6, 6.07) is 13.9. The lowest BCUT2D eigenvalue weighted by Crippen LogP contribution is -2.24. The van der Waals surface area contributed by atoms with Crippen LogP contribution in [-0.2, 0) is 11.3 Å². The minimum atomic E-state index is -0.411. The number of nitrogens with one attached hydrogen (secondary N) is 1. The van der Waals surface area contributed by atoms with E-state index in [9.17, 15) is 9.18 Å². The highest BCUT2D eigenvalue weighted by Gasteiger charge is 2.23. The van der Waals surface area contributed by atoms with Gasteiger partial charge in [0, 0.05) is 25.1 Å². The van der Waals surface area contributed by atoms with Gasteiger partial charge in [0.1, 0.15) is 5.82 Å². The molecular formula is C18H16FN3O. The van der Waals surface area contributed by atoms with Gasteiger partial charge in [0.05, 0.1) is 23.0 Å². The molecule has 23 heavy (non-hydrogen) atoms. The largest absolute Gasteiger partial charge is 0.379 e. The molecular weight excluding hydrogens is 293 g/mol. The maximum atomic E-state index is 13.9. The van der Waals surface area contributed by atoms with Crippen molar-refractivity contribution in [2.75, 3.05) is 16.8 Å². The number of hydrogen-bond donors (Lipinski definition) is 1. The van der Waals surface area contributed by atoms with Crippen LogP contribution in [0.1, 0.15) is 24.0 Å². The van der Waals surface area contributed by atoms with Crippen LogP contribution in [-0.4, -0.2) is 12.5 Å². The van der Waals surface area contributed by atoms with Crippen molar-refractivity contribution in [1.82, 2.24) is 0 Å². The standard InChI is InChI=1S/C18H16FN3O/c19-15-10-13(11-20)7-8-14(15)12-21-16-4-1-2-5-17(16)22-9-3-6-18(22)23/h1-2,4-5,7-8,10,21H,3,6,9,12H2. The normalized spacial score (nSPS) is 13.9. The van der Waals surface area contributed by atoms with Crippen molar-refractivity contribution in [1.29, 1.82) is 5.26 Å². The summed E-state index contributed by atoms with van der Waals surface area (Å²) >= 11 is 0. The maximum absolute atomic E-state index is 13.9. The SMILES string of the molecule is N#Cc1ccc(CNc2ccccc2N2CCCC2=O)c(F)c1. The molecule has 1 amide bonds. The number of para-hydroxylation sites is 2. The van der Waals surface area contributed by atoms with E-state index in [2.05, 4.69) is 5.32 Å². The van der Waals surface area contributed by atoms with Gasteiger partial charge < -0.3 is 10.2 Å². The van der Waals surface area contributed by atoms with Crippen LogP contribution in [0.2, 0.25) is 0 Å². The van der Waals surface area contributed by atoms with Crippen molar-refractivity contribution >= 4 is 17.3 Å². The van der Waals surface area contributed by atoms with E-state index < -0.39 is 5.82 Å². The number of amides is 1. The smallest absolute Gasteiger partial charge is 0.227 e. The monoisotopic (exact) mass is 309 g/mol. The predicted molar refractivity (Wildman–Crippen MR) is 86.5 cm³/mol. The maximum Gasteiger partial charge on any atom is 0.227 e. The molecule has 4 nitrogen and oxygen atoms in total. The van der Waals surface area contributed by atoms with E-state index in [1.807, 2.05) is 30.3 Å². The molecule has 1 N–H and O–H groups in total. The van der Waals surface area contributed by atoms with E-state index in [-0.39, 0.29) is 12.5 Å². The molecule has 0 unspecified atom stereocenters. The van der Waals surface area contributed by atoms with E-state index in [0.29, 0.717) is 24.1 Å². The molecule has 1 fully saturated rings. The lowest BCUT2D eigenvalue weighted by atomic mass is 10.1. The molecule has 5 heteroatoms. The second-order valence-corrected chi connectivity index (χ2v) is 5.44. The highest BCUT2D eigenvalue weighted by molar-refractivity contribution is 5.98. The third kappa shape index (κ3) is 3.16. The summed E-state index contributed by atoms with van der Waals surface area (Å²) in [5.74, 6) is -0.296. The summed E-state index contributed by atoms with van der Waals surface area (Å²) in [4.78, 5) is 13.7. The Balaban J connectivity index is 1.79. The number of halogens is 1. The quantitative estimate of drug-likeness (QED) is 0.941. The molecule has 1 heterocycles. The Morgan fingerprint density at radius 3 is 2.78 bits per heavy atom. The molecule has 3 rings (SSSR count). The number of carbonyl (C=O) groups excluding carboxylic acids is 1. The fourth-order valence-electron chi connectivity index (χ4n) is 2.71. The van der Waals surface area contributed by atoms with Crippen LogP contribution in [0.25, 0.3) is 0 Å². The zero-order valence-electron chi connectivity index (χ0n) is 12.6. The number of carbonyl (C=O) groups is 1. The molecule has 0 aromatic heterocycles. The Labute approximate surface area is 134 Å². The summed E-state index contributed by atoms with van der Waals surface area (Å²) in [7, 11) is 0. The first kappa shape index (κ1) is 15.0. The average Bonchev–Trinajstić information content (AvgIpc) is 3.00. The Hall–Kier alpha value is -2.87. The van der Waals surface area contributed by atoms with Gasteiger partial charge in [-0.3, -0.25) is 4.79 Å². The molecule has 0 bridgehead atoms. The highest BCUT2D eigenvalue weighted by atomic mass is 19.1. The minimum Gasteiger partial charge on any atom is -0.379 e. The third-order valence-electron chi connectivity index (χ3n) is 3.92.